The Labute approximate surface area is 185 Å². The number of para-hydroxylation sites is 1. The summed E-state index contributed by atoms with van der Waals surface area (Å²) in [5.74, 6) is 0.434. The van der Waals surface area contributed by atoms with Gasteiger partial charge in [-0.25, -0.2) is 4.98 Å². The molecule has 160 valence electrons. The van der Waals surface area contributed by atoms with Gasteiger partial charge in [-0.1, -0.05) is 18.2 Å². The average Bonchev–Trinajstić information content (AvgIpc) is 3.42. The number of thiazole rings is 1. The van der Waals surface area contributed by atoms with Crippen LogP contribution >= 0.6 is 11.3 Å². The van der Waals surface area contributed by atoms with E-state index in [9.17, 15) is 9.59 Å². The Balaban J connectivity index is 1.37. The molecule has 2 aliphatic rings. The zero-order valence-corrected chi connectivity index (χ0v) is 18.3. The number of fused-ring (bicyclic) bond motifs is 1. The second-order valence-corrected chi connectivity index (χ2v) is 9.23. The van der Waals surface area contributed by atoms with Crippen molar-refractivity contribution in [1.82, 2.24) is 9.88 Å². The summed E-state index contributed by atoms with van der Waals surface area (Å²) in [6.07, 6.45) is 3.25. The number of carbonyl (C=O) groups is 2. The van der Waals surface area contributed by atoms with Crippen molar-refractivity contribution in [2.75, 3.05) is 25.1 Å². The summed E-state index contributed by atoms with van der Waals surface area (Å²) in [6.45, 7) is 1.14. The van der Waals surface area contributed by atoms with Gasteiger partial charge < -0.3 is 14.5 Å². The summed E-state index contributed by atoms with van der Waals surface area (Å²) in [6, 6.07) is 15.6. The molecule has 0 N–H and O–H groups in total. The molecule has 2 fully saturated rings. The van der Waals surface area contributed by atoms with E-state index in [0.29, 0.717) is 12.3 Å². The van der Waals surface area contributed by atoms with E-state index in [1.165, 1.54) is 0 Å². The van der Waals surface area contributed by atoms with Crippen molar-refractivity contribution in [2.45, 2.75) is 31.7 Å². The summed E-state index contributed by atoms with van der Waals surface area (Å²) in [5, 5.41) is 1.00. The summed E-state index contributed by atoms with van der Waals surface area (Å²) < 4.78 is 6.44. The van der Waals surface area contributed by atoms with Crippen LogP contribution in [0.5, 0.6) is 5.75 Å². The van der Waals surface area contributed by atoms with Crippen molar-refractivity contribution in [3.05, 3.63) is 53.5 Å². The minimum absolute atomic E-state index is 0.000351. The molecule has 2 unspecified atom stereocenters. The predicted octanol–water partition coefficient (Wildman–Crippen LogP) is 4.41. The molecule has 6 nitrogen and oxygen atoms in total. The molecule has 2 amide bonds. The molecule has 31 heavy (non-hydrogen) atoms. The predicted molar refractivity (Wildman–Crippen MR) is 121 cm³/mol. The van der Waals surface area contributed by atoms with Crippen molar-refractivity contribution in [1.29, 1.82) is 0 Å². The Morgan fingerprint density at radius 3 is 2.87 bits per heavy atom. The molecule has 0 saturated carbocycles. The van der Waals surface area contributed by atoms with E-state index in [2.05, 4.69) is 6.07 Å². The number of anilines is 1. The second-order valence-electron chi connectivity index (χ2n) is 8.17. The van der Waals surface area contributed by atoms with Crippen LogP contribution in [0.15, 0.2) is 48.5 Å². The summed E-state index contributed by atoms with van der Waals surface area (Å²) >= 11 is 1.67. The van der Waals surface area contributed by atoms with Crippen LogP contribution in [0.2, 0.25) is 0 Å². The number of piperidine rings is 1. The number of hydrogen-bond donors (Lipinski definition) is 0. The van der Waals surface area contributed by atoms with Gasteiger partial charge in [0.2, 0.25) is 11.8 Å². The SMILES string of the molecule is COc1cccc(N2CC(C(=O)N3CCCCC3c3nc4ccccc4s3)CC2=O)c1. The lowest BCUT2D eigenvalue weighted by Gasteiger charge is -2.36. The van der Waals surface area contributed by atoms with E-state index >= 15 is 0 Å². The first-order chi connectivity index (χ1) is 15.1. The first-order valence-electron chi connectivity index (χ1n) is 10.7. The van der Waals surface area contributed by atoms with Crippen LogP contribution in [0.4, 0.5) is 5.69 Å². The fourth-order valence-corrected chi connectivity index (χ4v) is 5.74. The smallest absolute Gasteiger partial charge is 0.228 e. The molecule has 1 aromatic heterocycles. The zero-order valence-electron chi connectivity index (χ0n) is 17.5. The van der Waals surface area contributed by atoms with E-state index in [1.807, 2.05) is 47.4 Å². The highest BCUT2D eigenvalue weighted by atomic mass is 32.1. The van der Waals surface area contributed by atoms with E-state index in [1.54, 1.807) is 23.3 Å². The van der Waals surface area contributed by atoms with Crippen molar-refractivity contribution >= 4 is 39.1 Å². The standard InChI is InChI=1S/C24H25N3O3S/c1-30-18-8-6-7-17(14-18)27-15-16(13-22(27)28)24(29)26-12-5-4-10-20(26)23-25-19-9-2-3-11-21(19)31-23/h2-3,6-9,11,14,16,20H,4-5,10,12-13,15H2,1H3. The van der Waals surface area contributed by atoms with Gasteiger partial charge in [0.15, 0.2) is 0 Å². The van der Waals surface area contributed by atoms with Gasteiger partial charge in [0.25, 0.3) is 0 Å². The highest BCUT2D eigenvalue weighted by Crippen LogP contribution is 2.38. The van der Waals surface area contributed by atoms with Gasteiger partial charge in [-0.2, -0.15) is 0 Å². The summed E-state index contributed by atoms with van der Waals surface area (Å²) in [5.41, 5.74) is 1.77. The molecule has 0 bridgehead atoms. The second kappa shape index (κ2) is 8.30. The monoisotopic (exact) mass is 435 g/mol. The van der Waals surface area contributed by atoms with E-state index in [-0.39, 0.29) is 30.2 Å². The first kappa shape index (κ1) is 20.0. The molecule has 5 rings (SSSR count). The van der Waals surface area contributed by atoms with Gasteiger partial charge in [0.05, 0.1) is 29.3 Å². The minimum atomic E-state index is -0.325. The maximum atomic E-state index is 13.5. The van der Waals surface area contributed by atoms with Crippen LogP contribution in [0, 0.1) is 5.92 Å². The molecular formula is C24H25N3O3S. The molecule has 0 aliphatic carbocycles. The molecule has 3 aromatic rings. The number of benzene rings is 2. The molecule has 3 heterocycles. The third kappa shape index (κ3) is 3.78. The number of hydrogen-bond acceptors (Lipinski definition) is 5. The Hall–Kier alpha value is -2.93. The van der Waals surface area contributed by atoms with E-state index < -0.39 is 0 Å². The quantitative estimate of drug-likeness (QED) is 0.609. The van der Waals surface area contributed by atoms with Gasteiger partial charge in [-0.3, -0.25) is 9.59 Å². The van der Waals surface area contributed by atoms with Crippen molar-refractivity contribution in [2.24, 2.45) is 5.92 Å². The average molecular weight is 436 g/mol. The minimum Gasteiger partial charge on any atom is -0.497 e. The van der Waals surface area contributed by atoms with Gasteiger partial charge in [-0.15, -0.1) is 11.3 Å². The Morgan fingerprint density at radius 2 is 2.03 bits per heavy atom. The van der Waals surface area contributed by atoms with Gasteiger partial charge in [-0.05, 0) is 43.5 Å². The fraction of sp³-hybridized carbons (Fsp3) is 0.375. The Kier molecular flexibility index (Phi) is 5.36. The lowest BCUT2D eigenvalue weighted by Crippen LogP contribution is -2.42. The van der Waals surface area contributed by atoms with E-state index in [4.69, 9.17) is 9.72 Å². The number of aromatic nitrogens is 1. The summed E-state index contributed by atoms with van der Waals surface area (Å²) in [7, 11) is 1.61. The topological polar surface area (TPSA) is 62.7 Å². The number of ether oxygens (including phenoxy) is 1. The molecule has 7 heteroatoms. The summed E-state index contributed by atoms with van der Waals surface area (Å²) in [4.78, 5) is 34.8. The molecule has 2 saturated heterocycles. The maximum absolute atomic E-state index is 13.5. The van der Waals surface area contributed by atoms with Gasteiger partial charge in [0.1, 0.15) is 10.8 Å². The normalized spacial score (nSPS) is 21.6. The van der Waals surface area contributed by atoms with Crippen LogP contribution in [-0.2, 0) is 9.59 Å². The number of amides is 2. The number of rotatable bonds is 4. The number of carbonyl (C=O) groups excluding carboxylic acids is 2. The lowest BCUT2D eigenvalue weighted by molar-refractivity contribution is -0.139. The highest BCUT2D eigenvalue weighted by molar-refractivity contribution is 7.18. The molecular weight excluding hydrogens is 410 g/mol. The molecule has 2 aromatic carbocycles. The molecule has 0 spiro atoms. The van der Waals surface area contributed by atoms with Crippen molar-refractivity contribution < 1.29 is 14.3 Å². The number of nitrogens with zero attached hydrogens (tertiary/aromatic N) is 3. The van der Waals surface area contributed by atoms with Crippen LogP contribution < -0.4 is 9.64 Å². The third-order valence-electron chi connectivity index (χ3n) is 6.22. The Bertz CT molecular complexity index is 1090. The van der Waals surface area contributed by atoms with Crippen LogP contribution in [0.25, 0.3) is 10.2 Å². The van der Waals surface area contributed by atoms with Gasteiger partial charge in [0, 0.05) is 31.3 Å². The zero-order chi connectivity index (χ0) is 21.4. The fourth-order valence-electron chi connectivity index (χ4n) is 4.62. The van der Waals surface area contributed by atoms with Crippen LogP contribution in [0.1, 0.15) is 36.7 Å². The maximum Gasteiger partial charge on any atom is 0.228 e. The third-order valence-corrected chi connectivity index (χ3v) is 7.36. The molecule has 2 atom stereocenters. The van der Waals surface area contributed by atoms with E-state index in [0.717, 1.165) is 46.7 Å². The number of likely N-dealkylation sites (tertiary alicyclic amines) is 1. The largest absolute Gasteiger partial charge is 0.497 e. The van der Waals surface area contributed by atoms with Crippen LogP contribution in [0.3, 0.4) is 0 Å². The highest BCUT2D eigenvalue weighted by Gasteiger charge is 2.40. The lowest BCUT2D eigenvalue weighted by atomic mass is 9.99. The Morgan fingerprint density at radius 1 is 1.16 bits per heavy atom. The van der Waals surface area contributed by atoms with Crippen molar-refractivity contribution in [3.8, 4) is 5.75 Å². The molecule has 2 aliphatic heterocycles. The first-order valence-corrected chi connectivity index (χ1v) is 11.6. The van der Waals surface area contributed by atoms with Crippen molar-refractivity contribution in [3.63, 3.8) is 0 Å². The van der Waals surface area contributed by atoms with Gasteiger partial charge >= 0.3 is 0 Å². The number of methoxy groups -OCH3 is 1. The molecule has 0 radical (unpaired) electrons. The van der Waals surface area contributed by atoms with Crippen LogP contribution in [-0.4, -0.2) is 41.9 Å².